The van der Waals surface area contributed by atoms with Gasteiger partial charge in [-0.05, 0) is 35.2 Å². The van der Waals surface area contributed by atoms with Gasteiger partial charge < -0.3 is 10.1 Å². The Morgan fingerprint density at radius 3 is 1.70 bits per heavy atom. The van der Waals surface area contributed by atoms with Gasteiger partial charge in [-0.1, -0.05) is 43.3 Å². The van der Waals surface area contributed by atoms with Crippen molar-refractivity contribution in [2.45, 2.75) is 26.4 Å². The van der Waals surface area contributed by atoms with Gasteiger partial charge in [-0.2, -0.15) is 0 Å². The smallest absolute Gasteiger partial charge is 0.118 e. The third-order valence-electron chi connectivity index (χ3n) is 3.25. The highest BCUT2D eigenvalue weighted by molar-refractivity contribution is 8.93. The Morgan fingerprint density at radius 1 is 0.800 bits per heavy atom. The molecule has 108 valence electrons. The highest BCUT2D eigenvalue weighted by atomic mass is 79.9. The molecule has 0 atom stereocenters. The lowest BCUT2D eigenvalue weighted by molar-refractivity contribution is 0.414. The number of hydrogen-bond acceptors (Lipinski definition) is 2. The van der Waals surface area contributed by atoms with Crippen molar-refractivity contribution in [3.05, 3.63) is 65.2 Å². The molecule has 0 heterocycles. The summed E-state index contributed by atoms with van der Waals surface area (Å²) in [4.78, 5) is 0. The van der Waals surface area contributed by atoms with Crippen molar-refractivity contribution in [2.75, 3.05) is 7.11 Å². The van der Waals surface area contributed by atoms with E-state index in [9.17, 15) is 0 Å². The molecule has 3 heteroatoms. The summed E-state index contributed by atoms with van der Waals surface area (Å²) in [6.45, 7) is 3.95. The number of halogens is 1. The first kappa shape index (κ1) is 16.7. The van der Waals surface area contributed by atoms with Crippen LogP contribution in [0.25, 0.3) is 0 Å². The fourth-order valence-corrected chi connectivity index (χ4v) is 1.99. The zero-order valence-electron chi connectivity index (χ0n) is 12.1. The van der Waals surface area contributed by atoms with E-state index in [2.05, 4.69) is 48.6 Å². The highest BCUT2D eigenvalue weighted by Crippen LogP contribution is 2.11. The number of rotatable bonds is 6. The van der Waals surface area contributed by atoms with Crippen LogP contribution in [0.1, 0.15) is 23.6 Å². The lowest BCUT2D eigenvalue weighted by Crippen LogP contribution is -2.12. The molecule has 0 radical (unpaired) electrons. The molecule has 0 aromatic heterocycles. The van der Waals surface area contributed by atoms with E-state index >= 15 is 0 Å². The van der Waals surface area contributed by atoms with E-state index in [1.807, 2.05) is 12.1 Å². The largest absolute Gasteiger partial charge is 0.497 e. The van der Waals surface area contributed by atoms with E-state index in [1.54, 1.807) is 7.11 Å². The predicted molar refractivity (Wildman–Crippen MR) is 89.7 cm³/mol. The van der Waals surface area contributed by atoms with Gasteiger partial charge in [-0.25, -0.2) is 0 Å². The normalized spacial score (nSPS) is 9.90. The molecule has 0 amide bonds. The second-order valence-corrected chi connectivity index (χ2v) is 4.62. The minimum Gasteiger partial charge on any atom is -0.497 e. The summed E-state index contributed by atoms with van der Waals surface area (Å²) in [6, 6.07) is 17.0. The zero-order valence-corrected chi connectivity index (χ0v) is 13.8. The predicted octanol–water partition coefficient (Wildman–Crippen LogP) is 4.13. The quantitative estimate of drug-likeness (QED) is 0.857. The van der Waals surface area contributed by atoms with Gasteiger partial charge in [0.25, 0.3) is 0 Å². The van der Waals surface area contributed by atoms with E-state index in [1.165, 1.54) is 16.7 Å². The highest BCUT2D eigenvalue weighted by Gasteiger charge is 1.96. The third-order valence-corrected chi connectivity index (χ3v) is 3.25. The van der Waals surface area contributed by atoms with Crippen LogP contribution < -0.4 is 10.1 Å². The Morgan fingerprint density at radius 2 is 1.25 bits per heavy atom. The van der Waals surface area contributed by atoms with Gasteiger partial charge >= 0.3 is 0 Å². The summed E-state index contributed by atoms with van der Waals surface area (Å²) < 4.78 is 5.14. The molecule has 20 heavy (non-hydrogen) atoms. The maximum atomic E-state index is 5.14. The summed E-state index contributed by atoms with van der Waals surface area (Å²) in [5.41, 5.74) is 3.98. The van der Waals surface area contributed by atoms with Crippen LogP contribution in [-0.4, -0.2) is 7.11 Å². The summed E-state index contributed by atoms with van der Waals surface area (Å²) in [5.74, 6) is 0.902. The van der Waals surface area contributed by atoms with Crippen LogP contribution in [0.4, 0.5) is 0 Å². The summed E-state index contributed by atoms with van der Waals surface area (Å²) in [5, 5.41) is 3.45. The third kappa shape index (κ3) is 4.99. The van der Waals surface area contributed by atoms with E-state index in [-0.39, 0.29) is 17.0 Å². The SMILES string of the molecule is Br.CCc1ccc(CNCc2ccc(OC)cc2)cc1. The molecule has 1 N–H and O–H groups in total. The summed E-state index contributed by atoms with van der Waals surface area (Å²) >= 11 is 0. The molecule has 0 aliphatic carbocycles. The molecule has 0 spiro atoms. The average Bonchev–Trinajstić information content (AvgIpc) is 2.49. The first-order chi connectivity index (χ1) is 9.31. The first-order valence-corrected chi connectivity index (χ1v) is 6.73. The van der Waals surface area contributed by atoms with Gasteiger partial charge in [0.2, 0.25) is 0 Å². The van der Waals surface area contributed by atoms with Crippen LogP contribution in [0, 0.1) is 0 Å². The molecule has 2 aromatic carbocycles. The van der Waals surface area contributed by atoms with Crippen molar-refractivity contribution in [2.24, 2.45) is 0 Å². The average molecular weight is 336 g/mol. The van der Waals surface area contributed by atoms with E-state index < -0.39 is 0 Å². The number of methoxy groups -OCH3 is 1. The Labute approximate surface area is 131 Å². The number of benzene rings is 2. The molecule has 2 nitrogen and oxygen atoms in total. The van der Waals surface area contributed by atoms with Crippen LogP contribution in [-0.2, 0) is 19.5 Å². The molecule has 0 aliphatic heterocycles. The van der Waals surface area contributed by atoms with Crippen LogP contribution in [0.3, 0.4) is 0 Å². The molecule has 0 saturated carbocycles. The second-order valence-electron chi connectivity index (χ2n) is 4.62. The molecule has 2 aromatic rings. The molecule has 2 rings (SSSR count). The topological polar surface area (TPSA) is 21.3 Å². The fourth-order valence-electron chi connectivity index (χ4n) is 1.99. The van der Waals surface area contributed by atoms with Crippen molar-refractivity contribution in [3.63, 3.8) is 0 Å². The standard InChI is InChI=1S/C17H21NO.BrH/c1-3-14-4-6-15(7-5-14)12-18-13-16-8-10-17(19-2)11-9-16;/h4-11,18H,3,12-13H2,1-2H3;1H. The molecule has 0 bridgehead atoms. The molecule has 0 aliphatic rings. The minimum atomic E-state index is 0. The molecule has 0 unspecified atom stereocenters. The maximum absolute atomic E-state index is 5.14. The van der Waals surface area contributed by atoms with Crippen molar-refractivity contribution in [1.82, 2.24) is 5.32 Å². The molecular weight excluding hydrogens is 314 g/mol. The Hall–Kier alpha value is -1.32. The fraction of sp³-hybridized carbons (Fsp3) is 0.294. The van der Waals surface area contributed by atoms with Crippen molar-refractivity contribution < 1.29 is 4.74 Å². The lowest BCUT2D eigenvalue weighted by atomic mass is 10.1. The van der Waals surface area contributed by atoms with Crippen molar-refractivity contribution in [3.8, 4) is 5.75 Å². The minimum absolute atomic E-state index is 0. The monoisotopic (exact) mass is 335 g/mol. The van der Waals surface area contributed by atoms with Gasteiger partial charge in [0.1, 0.15) is 5.75 Å². The van der Waals surface area contributed by atoms with Crippen molar-refractivity contribution >= 4 is 17.0 Å². The molecule has 0 fully saturated rings. The Kier molecular flexibility index (Phi) is 7.34. The van der Waals surface area contributed by atoms with Crippen LogP contribution in [0.5, 0.6) is 5.75 Å². The van der Waals surface area contributed by atoms with Crippen molar-refractivity contribution in [1.29, 1.82) is 0 Å². The van der Waals surface area contributed by atoms with Gasteiger partial charge in [-0.15, -0.1) is 17.0 Å². The Balaban J connectivity index is 0.00000200. The summed E-state index contributed by atoms with van der Waals surface area (Å²) in [6.07, 6.45) is 1.10. The number of aryl methyl sites for hydroxylation is 1. The zero-order chi connectivity index (χ0) is 13.5. The molecule has 0 saturated heterocycles. The number of ether oxygens (including phenoxy) is 1. The van der Waals surface area contributed by atoms with E-state index in [0.717, 1.165) is 25.3 Å². The van der Waals surface area contributed by atoms with Gasteiger partial charge in [0.15, 0.2) is 0 Å². The maximum Gasteiger partial charge on any atom is 0.118 e. The Bertz CT molecular complexity index is 446. The van der Waals surface area contributed by atoms with Gasteiger partial charge in [-0.3, -0.25) is 0 Å². The van der Waals surface area contributed by atoms with Gasteiger partial charge in [0, 0.05) is 13.1 Å². The first-order valence-electron chi connectivity index (χ1n) is 6.73. The number of nitrogens with one attached hydrogen (secondary N) is 1. The van der Waals surface area contributed by atoms with Crippen LogP contribution >= 0.6 is 17.0 Å². The van der Waals surface area contributed by atoms with E-state index in [4.69, 9.17) is 4.74 Å². The number of hydrogen-bond donors (Lipinski definition) is 1. The van der Waals surface area contributed by atoms with Crippen LogP contribution in [0.15, 0.2) is 48.5 Å². The molecular formula is C17H22BrNO. The van der Waals surface area contributed by atoms with Crippen LogP contribution in [0.2, 0.25) is 0 Å². The van der Waals surface area contributed by atoms with E-state index in [0.29, 0.717) is 0 Å². The van der Waals surface area contributed by atoms with Gasteiger partial charge in [0.05, 0.1) is 7.11 Å². The summed E-state index contributed by atoms with van der Waals surface area (Å²) in [7, 11) is 1.69. The second kappa shape index (κ2) is 8.77. The lowest BCUT2D eigenvalue weighted by Gasteiger charge is -2.07.